The SMILES string of the molecule is CC#CCCNc1cccc(SC)c1. The van der Waals surface area contributed by atoms with Gasteiger partial charge in [-0.25, -0.2) is 0 Å². The highest BCUT2D eigenvalue weighted by atomic mass is 32.2. The van der Waals surface area contributed by atoms with Crippen molar-refractivity contribution in [3.8, 4) is 11.8 Å². The average molecular weight is 205 g/mol. The summed E-state index contributed by atoms with van der Waals surface area (Å²) in [4.78, 5) is 1.29. The van der Waals surface area contributed by atoms with Crippen molar-refractivity contribution in [1.82, 2.24) is 0 Å². The Morgan fingerprint density at radius 2 is 2.29 bits per heavy atom. The predicted octanol–water partition coefficient (Wildman–Crippen LogP) is 3.23. The van der Waals surface area contributed by atoms with Crippen LogP contribution in [0.25, 0.3) is 0 Å². The molecule has 0 aliphatic heterocycles. The number of hydrogen-bond donors (Lipinski definition) is 1. The summed E-state index contributed by atoms with van der Waals surface area (Å²) >= 11 is 1.76. The van der Waals surface area contributed by atoms with E-state index in [1.807, 2.05) is 6.92 Å². The number of anilines is 1. The summed E-state index contributed by atoms with van der Waals surface area (Å²) in [5, 5.41) is 3.34. The first-order chi connectivity index (χ1) is 6.86. The van der Waals surface area contributed by atoms with E-state index in [1.165, 1.54) is 10.6 Å². The smallest absolute Gasteiger partial charge is 0.0351 e. The van der Waals surface area contributed by atoms with E-state index >= 15 is 0 Å². The highest BCUT2D eigenvalue weighted by Gasteiger charge is 1.92. The van der Waals surface area contributed by atoms with Crippen molar-refractivity contribution in [2.75, 3.05) is 18.1 Å². The van der Waals surface area contributed by atoms with Crippen LogP contribution < -0.4 is 5.32 Å². The summed E-state index contributed by atoms with van der Waals surface area (Å²) in [6.07, 6.45) is 2.99. The van der Waals surface area contributed by atoms with Gasteiger partial charge in [0.05, 0.1) is 0 Å². The molecule has 1 rings (SSSR count). The molecule has 0 saturated carbocycles. The van der Waals surface area contributed by atoms with Gasteiger partial charge < -0.3 is 5.32 Å². The van der Waals surface area contributed by atoms with Crippen LogP contribution in [0.15, 0.2) is 29.2 Å². The van der Waals surface area contributed by atoms with Crippen LogP contribution in [0.4, 0.5) is 5.69 Å². The second kappa shape index (κ2) is 6.39. The molecule has 0 aromatic heterocycles. The third kappa shape index (κ3) is 3.76. The Hall–Kier alpha value is -1.07. The van der Waals surface area contributed by atoms with Crippen molar-refractivity contribution in [2.45, 2.75) is 18.2 Å². The normalized spacial score (nSPS) is 9.00. The van der Waals surface area contributed by atoms with Gasteiger partial charge in [0.2, 0.25) is 0 Å². The van der Waals surface area contributed by atoms with Crippen LogP contribution in [0, 0.1) is 11.8 Å². The number of nitrogens with one attached hydrogen (secondary N) is 1. The van der Waals surface area contributed by atoms with E-state index in [9.17, 15) is 0 Å². The largest absolute Gasteiger partial charge is 0.384 e. The van der Waals surface area contributed by atoms with Gasteiger partial charge in [0, 0.05) is 23.5 Å². The topological polar surface area (TPSA) is 12.0 Å². The van der Waals surface area contributed by atoms with Gasteiger partial charge in [-0.2, -0.15) is 0 Å². The van der Waals surface area contributed by atoms with Gasteiger partial charge >= 0.3 is 0 Å². The molecule has 0 bridgehead atoms. The van der Waals surface area contributed by atoms with Crippen LogP contribution in [-0.2, 0) is 0 Å². The van der Waals surface area contributed by atoms with Crippen molar-refractivity contribution < 1.29 is 0 Å². The van der Waals surface area contributed by atoms with Crippen LogP contribution in [0.1, 0.15) is 13.3 Å². The summed E-state index contributed by atoms with van der Waals surface area (Å²) in [6, 6.07) is 8.42. The minimum absolute atomic E-state index is 0.903. The van der Waals surface area contributed by atoms with Crippen molar-refractivity contribution in [3.63, 3.8) is 0 Å². The Morgan fingerprint density at radius 1 is 1.43 bits per heavy atom. The summed E-state index contributed by atoms with van der Waals surface area (Å²) < 4.78 is 0. The molecule has 0 atom stereocenters. The number of hydrogen-bond acceptors (Lipinski definition) is 2. The molecule has 0 radical (unpaired) electrons. The van der Waals surface area contributed by atoms with E-state index in [2.05, 4.69) is 47.7 Å². The fourth-order valence-corrected chi connectivity index (χ4v) is 1.59. The second-order valence-corrected chi connectivity index (χ2v) is 3.72. The molecule has 0 fully saturated rings. The van der Waals surface area contributed by atoms with Crippen molar-refractivity contribution in [2.24, 2.45) is 0 Å². The van der Waals surface area contributed by atoms with Crippen LogP contribution in [-0.4, -0.2) is 12.8 Å². The second-order valence-electron chi connectivity index (χ2n) is 2.84. The van der Waals surface area contributed by atoms with Gasteiger partial charge in [0.1, 0.15) is 0 Å². The fraction of sp³-hybridized carbons (Fsp3) is 0.333. The lowest BCUT2D eigenvalue weighted by Crippen LogP contribution is -1.99. The van der Waals surface area contributed by atoms with Gasteiger partial charge in [0.15, 0.2) is 0 Å². The zero-order chi connectivity index (χ0) is 10.2. The molecule has 0 unspecified atom stereocenters. The number of rotatable bonds is 4. The Balaban J connectivity index is 2.44. The lowest BCUT2D eigenvalue weighted by Gasteiger charge is -2.05. The van der Waals surface area contributed by atoms with E-state index < -0.39 is 0 Å². The third-order valence-electron chi connectivity index (χ3n) is 1.83. The summed E-state index contributed by atoms with van der Waals surface area (Å²) in [5.74, 6) is 5.91. The number of benzene rings is 1. The minimum Gasteiger partial charge on any atom is -0.384 e. The van der Waals surface area contributed by atoms with Crippen LogP contribution >= 0.6 is 11.8 Å². The van der Waals surface area contributed by atoms with Gasteiger partial charge in [-0.15, -0.1) is 23.6 Å². The molecule has 14 heavy (non-hydrogen) atoms. The minimum atomic E-state index is 0.903. The molecule has 74 valence electrons. The molecule has 0 spiro atoms. The quantitative estimate of drug-likeness (QED) is 0.460. The molecule has 1 nitrogen and oxygen atoms in total. The monoisotopic (exact) mass is 205 g/mol. The molecule has 1 aromatic rings. The molecular weight excluding hydrogens is 190 g/mol. The Morgan fingerprint density at radius 3 is 3.00 bits per heavy atom. The fourth-order valence-electron chi connectivity index (χ4n) is 1.13. The van der Waals surface area contributed by atoms with Crippen LogP contribution in [0.3, 0.4) is 0 Å². The first-order valence-electron chi connectivity index (χ1n) is 4.64. The van der Waals surface area contributed by atoms with Crippen molar-refractivity contribution in [3.05, 3.63) is 24.3 Å². The summed E-state index contributed by atoms with van der Waals surface area (Å²) in [6.45, 7) is 2.78. The van der Waals surface area contributed by atoms with Gasteiger partial charge in [-0.05, 0) is 31.4 Å². The average Bonchev–Trinajstić information content (AvgIpc) is 2.25. The lowest BCUT2D eigenvalue weighted by atomic mass is 10.3. The van der Waals surface area contributed by atoms with E-state index in [0.29, 0.717) is 0 Å². The molecule has 0 aliphatic carbocycles. The highest BCUT2D eigenvalue weighted by molar-refractivity contribution is 7.98. The Kier molecular flexibility index (Phi) is 5.03. The standard InChI is InChI=1S/C12H15NS/c1-3-4-5-9-13-11-7-6-8-12(10-11)14-2/h6-8,10,13H,5,9H2,1-2H3. The number of thioether (sulfide) groups is 1. The zero-order valence-corrected chi connectivity index (χ0v) is 9.45. The first kappa shape index (κ1) is 11.0. The maximum Gasteiger partial charge on any atom is 0.0351 e. The molecule has 0 aliphatic rings. The molecule has 1 aromatic carbocycles. The van der Waals surface area contributed by atoms with Gasteiger partial charge in [-0.3, -0.25) is 0 Å². The molecular formula is C12H15NS. The first-order valence-corrected chi connectivity index (χ1v) is 5.87. The predicted molar refractivity (Wildman–Crippen MR) is 64.8 cm³/mol. The highest BCUT2D eigenvalue weighted by Crippen LogP contribution is 2.18. The summed E-state index contributed by atoms with van der Waals surface area (Å²) in [5.41, 5.74) is 1.18. The molecule has 0 amide bonds. The molecule has 2 heteroatoms. The van der Waals surface area contributed by atoms with E-state index in [4.69, 9.17) is 0 Å². The molecule has 0 saturated heterocycles. The maximum atomic E-state index is 3.34. The van der Waals surface area contributed by atoms with Crippen molar-refractivity contribution in [1.29, 1.82) is 0 Å². The molecule has 0 heterocycles. The molecule has 1 N–H and O–H groups in total. The van der Waals surface area contributed by atoms with Gasteiger partial charge in [0.25, 0.3) is 0 Å². The van der Waals surface area contributed by atoms with Crippen molar-refractivity contribution >= 4 is 17.4 Å². The van der Waals surface area contributed by atoms with Crippen LogP contribution in [0.2, 0.25) is 0 Å². The third-order valence-corrected chi connectivity index (χ3v) is 2.55. The lowest BCUT2D eigenvalue weighted by molar-refractivity contribution is 1.09. The maximum absolute atomic E-state index is 3.34. The van der Waals surface area contributed by atoms with Crippen LogP contribution in [0.5, 0.6) is 0 Å². The van der Waals surface area contributed by atoms with E-state index in [1.54, 1.807) is 11.8 Å². The van der Waals surface area contributed by atoms with E-state index in [0.717, 1.165) is 13.0 Å². The van der Waals surface area contributed by atoms with Gasteiger partial charge in [-0.1, -0.05) is 6.07 Å². The zero-order valence-electron chi connectivity index (χ0n) is 8.63. The van der Waals surface area contributed by atoms with E-state index in [-0.39, 0.29) is 0 Å². The summed E-state index contributed by atoms with van der Waals surface area (Å²) in [7, 11) is 0. The Labute approximate surface area is 90.3 Å². The Bertz CT molecular complexity index is 336.